The van der Waals surface area contributed by atoms with Gasteiger partial charge >= 0.3 is 12.4 Å². The van der Waals surface area contributed by atoms with Crippen LogP contribution in [-0.4, -0.2) is 31.2 Å². The molecule has 1 aliphatic rings. The number of thioether (sulfide) groups is 1. The first-order valence-electron chi connectivity index (χ1n) is 7.29. The average Bonchev–Trinajstić information content (AvgIpc) is 2.44. The monoisotopic (exact) mass is 375 g/mol. The lowest BCUT2D eigenvalue weighted by atomic mass is 9.96. The van der Waals surface area contributed by atoms with Crippen LogP contribution in [0, 0.1) is 18.7 Å². The number of rotatable bonds is 3. The molecule has 9 heteroatoms. The molecule has 24 heavy (non-hydrogen) atoms. The van der Waals surface area contributed by atoms with E-state index in [0.29, 0.717) is 17.3 Å². The summed E-state index contributed by atoms with van der Waals surface area (Å²) in [5.74, 6) is -3.15. The van der Waals surface area contributed by atoms with Crippen LogP contribution in [0.25, 0.3) is 0 Å². The van der Waals surface area contributed by atoms with Crippen molar-refractivity contribution in [2.24, 2.45) is 5.92 Å². The topological polar surface area (TPSA) is 3.24 Å². The predicted octanol–water partition coefficient (Wildman–Crippen LogP) is 5.57. The number of hydrogen-bond donors (Lipinski definition) is 0. The fraction of sp³-hybridized carbons (Fsp3) is 0.600. The summed E-state index contributed by atoms with van der Waals surface area (Å²) in [5, 5.41) is 0. The molecule has 1 saturated heterocycles. The maximum absolute atomic E-state index is 14.1. The lowest BCUT2D eigenvalue weighted by molar-refractivity contribution is -0.179. The summed E-state index contributed by atoms with van der Waals surface area (Å²) in [5.41, 5.74) is 0.432. The summed E-state index contributed by atoms with van der Waals surface area (Å²) in [6, 6.07) is 2.43. The zero-order valence-electron chi connectivity index (χ0n) is 12.8. The number of piperidine rings is 1. The number of aryl methyl sites for hydroxylation is 1. The Morgan fingerprint density at radius 2 is 1.67 bits per heavy atom. The molecule has 0 saturated carbocycles. The van der Waals surface area contributed by atoms with E-state index in [0.717, 1.165) is 6.07 Å². The Kier molecular flexibility index (Phi) is 5.61. The van der Waals surface area contributed by atoms with Gasteiger partial charge in [0.15, 0.2) is 0 Å². The Hall–Kier alpha value is -1.12. The van der Waals surface area contributed by atoms with Gasteiger partial charge in [0.2, 0.25) is 0 Å². The first-order chi connectivity index (χ1) is 11.0. The highest BCUT2D eigenvalue weighted by atomic mass is 32.2. The second-order valence-corrected chi connectivity index (χ2v) is 6.79. The van der Waals surface area contributed by atoms with E-state index >= 15 is 0 Å². The van der Waals surface area contributed by atoms with Gasteiger partial charge in [-0.05, 0) is 37.5 Å². The van der Waals surface area contributed by atoms with E-state index in [2.05, 4.69) is 0 Å². The molecule has 0 atom stereocenters. The van der Waals surface area contributed by atoms with Crippen molar-refractivity contribution < 1.29 is 30.7 Å². The van der Waals surface area contributed by atoms with Crippen molar-refractivity contribution >= 4 is 17.4 Å². The Labute approximate surface area is 139 Å². The fourth-order valence-electron chi connectivity index (χ4n) is 2.65. The Balaban J connectivity index is 2.13. The third kappa shape index (κ3) is 4.94. The number of benzene rings is 1. The van der Waals surface area contributed by atoms with Gasteiger partial charge in [0, 0.05) is 18.0 Å². The molecule has 0 bridgehead atoms. The van der Waals surface area contributed by atoms with Crippen molar-refractivity contribution in [2.75, 3.05) is 23.7 Å². The van der Waals surface area contributed by atoms with Gasteiger partial charge < -0.3 is 4.90 Å². The first-order valence-corrected chi connectivity index (χ1v) is 8.27. The van der Waals surface area contributed by atoms with Gasteiger partial charge in [-0.25, -0.2) is 4.39 Å². The molecule has 1 heterocycles. The quantitative estimate of drug-likeness (QED) is 0.502. The van der Waals surface area contributed by atoms with E-state index in [-0.39, 0.29) is 36.5 Å². The molecule has 0 spiro atoms. The third-order valence-corrected chi connectivity index (χ3v) is 5.16. The molecule has 136 valence electrons. The molecule has 0 radical (unpaired) electrons. The number of hydrogen-bond acceptors (Lipinski definition) is 2. The molecular formula is C15H16F7NS. The van der Waals surface area contributed by atoms with Crippen LogP contribution in [0.1, 0.15) is 18.4 Å². The third-order valence-electron chi connectivity index (χ3n) is 3.93. The van der Waals surface area contributed by atoms with E-state index in [1.54, 1.807) is 0 Å². The van der Waals surface area contributed by atoms with Crippen LogP contribution >= 0.6 is 11.8 Å². The van der Waals surface area contributed by atoms with E-state index in [1.807, 2.05) is 0 Å². The minimum atomic E-state index is -4.35. The van der Waals surface area contributed by atoms with Crippen molar-refractivity contribution in [1.29, 1.82) is 0 Å². The fourth-order valence-corrected chi connectivity index (χ4v) is 3.45. The van der Waals surface area contributed by atoms with Gasteiger partial charge in [-0.1, -0.05) is 0 Å². The highest BCUT2D eigenvalue weighted by Gasteiger charge is 2.41. The smallest absolute Gasteiger partial charge is 0.369 e. The first kappa shape index (κ1) is 19.2. The second-order valence-electron chi connectivity index (χ2n) is 5.78. The van der Waals surface area contributed by atoms with E-state index in [1.165, 1.54) is 17.9 Å². The van der Waals surface area contributed by atoms with Gasteiger partial charge in [-0.2, -0.15) is 26.3 Å². The molecule has 0 aliphatic carbocycles. The maximum Gasteiger partial charge on any atom is 0.398 e. The van der Waals surface area contributed by atoms with Crippen LogP contribution in [0.3, 0.4) is 0 Å². The molecule has 1 fully saturated rings. The highest BCUT2D eigenvalue weighted by molar-refractivity contribution is 7.99. The largest absolute Gasteiger partial charge is 0.398 e. The Bertz CT molecular complexity index is 574. The summed E-state index contributed by atoms with van der Waals surface area (Å²) < 4.78 is 89.2. The number of anilines is 1. The molecular weight excluding hydrogens is 359 g/mol. The molecule has 0 amide bonds. The maximum atomic E-state index is 14.1. The lowest BCUT2D eigenvalue weighted by Gasteiger charge is -2.34. The number of alkyl halides is 6. The summed E-state index contributed by atoms with van der Waals surface area (Å²) in [4.78, 5) is 1.75. The number of nitrogens with zero attached hydrogens (tertiary/aromatic N) is 1. The minimum absolute atomic E-state index is 0.0214. The molecule has 1 aromatic carbocycles. The van der Waals surface area contributed by atoms with Crippen molar-refractivity contribution in [3.63, 3.8) is 0 Å². The minimum Gasteiger partial charge on any atom is -0.369 e. The summed E-state index contributed by atoms with van der Waals surface area (Å²) >= 11 is 0.547. The van der Waals surface area contributed by atoms with Gasteiger partial charge in [-0.3, -0.25) is 0 Å². The summed E-state index contributed by atoms with van der Waals surface area (Å²) in [7, 11) is 0. The summed E-state index contributed by atoms with van der Waals surface area (Å²) in [6.07, 6.45) is -8.92. The zero-order valence-corrected chi connectivity index (χ0v) is 13.6. The molecule has 0 N–H and O–H groups in total. The van der Waals surface area contributed by atoms with Gasteiger partial charge in [0.25, 0.3) is 0 Å². The van der Waals surface area contributed by atoms with Crippen LogP contribution in [0.4, 0.5) is 36.4 Å². The van der Waals surface area contributed by atoms with Crippen LogP contribution in [0.2, 0.25) is 0 Å². The summed E-state index contributed by atoms with van der Waals surface area (Å²) in [6.45, 7) is 1.54. The normalized spacial score (nSPS) is 17.4. The van der Waals surface area contributed by atoms with Crippen molar-refractivity contribution in [2.45, 2.75) is 37.0 Å². The van der Waals surface area contributed by atoms with Gasteiger partial charge in [0.1, 0.15) is 5.82 Å². The predicted molar refractivity (Wildman–Crippen MR) is 78.9 cm³/mol. The number of halogens is 7. The van der Waals surface area contributed by atoms with Crippen LogP contribution in [-0.2, 0) is 0 Å². The second kappa shape index (κ2) is 7.01. The van der Waals surface area contributed by atoms with Crippen molar-refractivity contribution in [1.82, 2.24) is 0 Å². The molecule has 1 aromatic rings. The molecule has 0 aromatic heterocycles. The van der Waals surface area contributed by atoms with E-state index in [4.69, 9.17) is 0 Å². The van der Waals surface area contributed by atoms with Crippen molar-refractivity contribution in [3.8, 4) is 0 Å². The average molecular weight is 375 g/mol. The SMILES string of the molecule is Cc1cc(F)c(N2CCC(C(F)(F)F)CC2)cc1SCC(F)(F)F. The standard InChI is InChI=1S/C15H16F7NS/c1-9-6-11(16)12(7-13(9)24-8-14(17,18)19)23-4-2-10(3-5-23)15(20,21)22/h6-7,10H,2-5,8H2,1H3. The van der Waals surface area contributed by atoms with E-state index < -0.39 is 29.8 Å². The van der Waals surface area contributed by atoms with E-state index in [9.17, 15) is 30.7 Å². The molecule has 0 unspecified atom stereocenters. The van der Waals surface area contributed by atoms with Crippen LogP contribution in [0.5, 0.6) is 0 Å². The van der Waals surface area contributed by atoms with Gasteiger partial charge in [-0.15, -0.1) is 11.8 Å². The molecule has 1 aliphatic heterocycles. The molecule has 1 nitrogen and oxygen atoms in total. The highest BCUT2D eigenvalue weighted by Crippen LogP contribution is 2.38. The van der Waals surface area contributed by atoms with Gasteiger partial charge in [0.05, 0.1) is 17.4 Å². The van der Waals surface area contributed by atoms with Crippen LogP contribution in [0.15, 0.2) is 17.0 Å². The molecule has 2 rings (SSSR count). The zero-order chi connectivity index (χ0) is 18.1. The Morgan fingerprint density at radius 1 is 1.08 bits per heavy atom. The van der Waals surface area contributed by atoms with Crippen molar-refractivity contribution in [3.05, 3.63) is 23.5 Å². The Morgan fingerprint density at radius 3 is 2.17 bits per heavy atom. The van der Waals surface area contributed by atoms with Crippen LogP contribution < -0.4 is 4.90 Å². The lowest BCUT2D eigenvalue weighted by Crippen LogP contribution is -2.39.